The summed E-state index contributed by atoms with van der Waals surface area (Å²) >= 11 is 0. The van der Waals surface area contributed by atoms with Crippen molar-refractivity contribution in [3.05, 3.63) is 23.8 Å². The van der Waals surface area contributed by atoms with E-state index in [0.29, 0.717) is 41.5 Å². The van der Waals surface area contributed by atoms with E-state index in [0.717, 1.165) is 0 Å². The van der Waals surface area contributed by atoms with Crippen LogP contribution in [0, 0.1) is 11.8 Å². The number of amides is 1. The Hall–Kier alpha value is -1.71. The largest absolute Gasteiger partial charge is 0.493 e. The molecule has 0 bridgehead atoms. The van der Waals surface area contributed by atoms with Gasteiger partial charge in [0, 0.05) is 11.7 Å². The second kappa shape index (κ2) is 5.35. The Morgan fingerprint density at radius 3 is 2.55 bits per heavy atom. The van der Waals surface area contributed by atoms with E-state index in [-0.39, 0.29) is 5.91 Å². The van der Waals surface area contributed by atoms with Crippen LogP contribution in [-0.4, -0.2) is 18.6 Å². The van der Waals surface area contributed by atoms with E-state index < -0.39 is 0 Å². The lowest BCUT2D eigenvalue weighted by molar-refractivity contribution is 0.0923. The normalized spacial score (nSPS) is 18.1. The second-order valence-corrected chi connectivity index (χ2v) is 5.83. The molecule has 2 saturated carbocycles. The number of hydrogen-bond donors (Lipinski definition) is 2. The van der Waals surface area contributed by atoms with E-state index in [1.54, 1.807) is 12.1 Å². The molecule has 1 aromatic carbocycles. The second-order valence-electron chi connectivity index (χ2n) is 5.83. The molecule has 4 nitrogen and oxygen atoms in total. The lowest BCUT2D eigenvalue weighted by Crippen LogP contribution is -2.38. The minimum absolute atomic E-state index is 0.0876. The average molecular weight is 274 g/mol. The number of hydrogen-bond acceptors (Lipinski definition) is 3. The Bertz CT molecular complexity index is 495. The summed E-state index contributed by atoms with van der Waals surface area (Å²) in [6, 6.07) is 5.70. The highest BCUT2D eigenvalue weighted by Gasteiger charge is 2.42. The van der Waals surface area contributed by atoms with Crippen LogP contribution >= 0.6 is 0 Å². The van der Waals surface area contributed by atoms with Gasteiger partial charge in [0.1, 0.15) is 11.3 Å². The van der Waals surface area contributed by atoms with E-state index in [1.807, 2.05) is 13.0 Å². The first-order valence-corrected chi connectivity index (χ1v) is 7.53. The molecular weight excluding hydrogens is 252 g/mol. The Morgan fingerprint density at radius 2 is 2.00 bits per heavy atom. The minimum atomic E-state index is -0.0876. The molecule has 2 aliphatic carbocycles. The third-order valence-electron chi connectivity index (χ3n) is 4.14. The summed E-state index contributed by atoms with van der Waals surface area (Å²) in [5.41, 5.74) is 6.94. The monoisotopic (exact) mass is 274 g/mol. The van der Waals surface area contributed by atoms with Crippen molar-refractivity contribution < 1.29 is 9.53 Å². The molecule has 1 aromatic rings. The summed E-state index contributed by atoms with van der Waals surface area (Å²) in [5.74, 6) is 1.84. The number of anilines is 1. The van der Waals surface area contributed by atoms with E-state index >= 15 is 0 Å². The smallest absolute Gasteiger partial charge is 0.257 e. The van der Waals surface area contributed by atoms with Crippen molar-refractivity contribution in [3.63, 3.8) is 0 Å². The third-order valence-corrected chi connectivity index (χ3v) is 4.14. The lowest BCUT2D eigenvalue weighted by atomic mass is 10.1. The molecule has 2 fully saturated rings. The summed E-state index contributed by atoms with van der Waals surface area (Å²) in [4.78, 5) is 12.6. The summed E-state index contributed by atoms with van der Waals surface area (Å²) in [6.07, 6.45) is 4.96. The van der Waals surface area contributed by atoms with Crippen molar-refractivity contribution in [1.29, 1.82) is 0 Å². The van der Waals surface area contributed by atoms with Crippen LogP contribution in [0.15, 0.2) is 18.2 Å². The fourth-order valence-electron chi connectivity index (χ4n) is 2.82. The quantitative estimate of drug-likeness (QED) is 0.784. The summed E-state index contributed by atoms with van der Waals surface area (Å²) in [7, 11) is 0. The van der Waals surface area contributed by atoms with Gasteiger partial charge in [-0.25, -0.2) is 0 Å². The summed E-state index contributed by atoms with van der Waals surface area (Å²) < 4.78 is 5.53. The first-order valence-electron chi connectivity index (χ1n) is 7.53. The van der Waals surface area contributed by atoms with E-state index in [4.69, 9.17) is 10.5 Å². The van der Waals surface area contributed by atoms with E-state index in [1.165, 1.54) is 25.7 Å². The van der Waals surface area contributed by atoms with Crippen molar-refractivity contribution in [2.45, 2.75) is 38.6 Å². The van der Waals surface area contributed by atoms with Gasteiger partial charge in [-0.2, -0.15) is 0 Å². The Kier molecular flexibility index (Phi) is 3.55. The summed E-state index contributed by atoms with van der Waals surface area (Å²) in [5, 5.41) is 3.20. The fourth-order valence-corrected chi connectivity index (χ4v) is 2.82. The van der Waals surface area contributed by atoms with Crippen LogP contribution in [0.4, 0.5) is 5.69 Å². The van der Waals surface area contributed by atoms with Gasteiger partial charge in [-0.3, -0.25) is 4.79 Å². The van der Waals surface area contributed by atoms with E-state index in [9.17, 15) is 4.79 Å². The summed E-state index contributed by atoms with van der Waals surface area (Å²) in [6.45, 7) is 2.43. The highest BCUT2D eigenvalue weighted by atomic mass is 16.5. The number of nitrogens with two attached hydrogens (primary N) is 1. The molecule has 2 aliphatic rings. The highest BCUT2D eigenvalue weighted by molar-refractivity contribution is 6.02. The molecule has 0 unspecified atom stereocenters. The molecule has 0 aliphatic heterocycles. The van der Waals surface area contributed by atoms with Crippen molar-refractivity contribution >= 4 is 11.6 Å². The van der Waals surface area contributed by atoms with Gasteiger partial charge in [0.05, 0.1) is 6.61 Å². The molecule has 0 saturated heterocycles. The predicted octanol–water partition coefficient (Wildman–Crippen LogP) is 2.59. The molecular formula is C16H22N2O2. The topological polar surface area (TPSA) is 64.3 Å². The van der Waals surface area contributed by atoms with Gasteiger partial charge in [-0.05, 0) is 56.6 Å². The zero-order valence-corrected chi connectivity index (χ0v) is 11.9. The van der Waals surface area contributed by atoms with Crippen LogP contribution in [0.1, 0.15) is 43.0 Å². The van der Waals surface area contributed by atoms with Crippen LogP contribution in [0.25, 0.3) is 0 Å². The molecule has 3 N–H and O–H groups in total. The average Bonchev–Trinajstić information content (AvgIpc) is 3.28. The van der Waals surface area contributed by atoms with Crippen LogP contribution in [0.5, 0.6) is 5.75 Å². The van der Waals surface area contributed by atoms with Crippen molar-refractivity contribution in [3.8, 4) is 5.75 Å². The molecule has 20 heavy (non-hydrogen) atoms. The molecule has 0 radical (unpaired) electrons. The zero-order valence-electron chi connectivity index (χ0n) is 11.9. The number of benzene rings is 1. The Labute approximate surface area is 119 Å². The number of carbonyl (C=O) groups is 1. The van der Waals surface area contributed by atoms with Gasteiger partial charge in [-0.1, -0.05) is 6.07 Å². The van der Waals surface area contributed by atoms with Crippen molar-refractivity contribution in [2.24, 2.45) is 11.8 Å². The number of carbonyl (C=O) groups excluding carboxylic acids is 1. The van der Waals surface area contributed by atoms with Crippen LogP contribution < -0.4 is 15.8 Å². The molecule has 108 valence electrons. The molecule has 0 spiro atoms. The highest BCUT2D eigenvalue weighted by Crippen LogP contribution is 2.44. The molecule has 3 rings (SSSR count). The first-order chi connectivity index (χ1) is 9.70. The van der Waals surface area contributed by atoms with Gasteiger partial charge in [0.25, 0.3) is 5.91 Å². The van der Waals surface area contributed by atoms with Crippen LogP contribution in [0.2, 0.25) is 0 Å². The first kappa shape index (κ1) is 13.3. The maximum atomic E-state index is 12.6. The Morgan fingerprint density at radius 1 is 1.35 bits per heavy atom. The molecule has 0 aromatic heterocycles. The molecule has 0 atom stereocenters. The standard InChI is InChI=1S/C16H22N2O2/c1-2-20-13-5-3-4-12(17)14(13)16(19)18-15(10-6-7-10)11-8-9-11/h3-5,10-11,15H,2,6-9,17H2,1H3,(H,18,19). The van der Waals surface area contributed by atoms with Gasteiger partial charge in [0.15, 0.2) is 0 Å². The SMILES string of the molecule is CCOc1cccc(N)c1C(=O)NC(C1CC1)C1CC1. The number of ether oxygens (including phenoxy) is 1. The third kappa shape index (κ3) is 2.74. The number of rotatable bonds is 6. The van der Waals surface area contributed by atoms with E-state index in [2.05, 4.69) is 5.32 Å². The van der Waals surface area contributed by atoms with Gasteiger partial charge in [0.2, 0.25) is 0 Å². The Balaban J connectivity index is 1.78. The molecule has 4 heteroatoms. The minimum Gasteiger partial charge on any atom is -0.493 e. The lowest BCUT2D eigenvalue weighted by Gasteiger charge is -2.19. The number of nitrogen functional groups attached to an aromatic ring is 1. The van der Waals surface area contributed by atoms with Gasteiger partial charge < -0.3 is 15.8 Å². The van der Waals surface area contributed by atoms with Crippen LogP contribution in [-0.2, 0) is 0 Å². The number of nitrogens with one attached hydrogen (secondary N) is 1. The molecule has 1 amide bonds. The van der Waals surface area contributed by atoms with Gasteiger partial charge >= 0.3 is 0 Å². The fraction of sp³-hybridized carbons (Fsp3) is 0.562. The van der Waals surface area contributed by atoms with Crippen LogP contribution in [0.3, 0.4) is 0 Å². The predicted molar refractivity (Wildman–Crippen MR) is 78.7 cm³/mol. The van der Waals surface area contributed by atoms with Gasteiger partial charge in [-0.15, -0.1) is 0 Å². The maximum absolute atomic E-state index is 12.6. The zero-order chi connectivity index (χ0) is 14.1. The molecule has 0 heterocycles. The van der Waals surface area contributed by atoms with Crippen molar-refractivity contribution in [2.75, 3.05) is 12.3 Å². The van der Waals surface area contributed by atoms with Crippen molar-refractivity contribution in [1.82, 2.24) is 5.32 Å². The maximum Gasteiger partial charge on any atom is 0.257 e.